The van der Waals surface area contributed by atoms with E-state index in [1.807, 2.05) is 39.4 Å². The number of rotatable bonds is 42. The molecule has 1 amide bonds. The lowest BCUT2D eigenvalue weighted by atomic mass is 10.0. The summed E-state index contributed by atoms with van der Waals surface area (Å²) in [6.45, 7) is 4.43. The van der Waals surface area contributed by atoms with Gasteiger partial charge in [0.15, 0.2) is 0 Å². The molecule has 0 aliphatic carbocycles. The highest BCUT2D eigenvalue weighted by molar-refractivity contribution is 7.45. The number of hydrogen-bond acceptors (Lipinski definition) is 6. The molecule has 60 heavy (non-hydrogen) atoms. The molecule has 0 aromatic heterocycles. The number of quaternary nitrogens is 1. The number of carbonyl (C=O) groups excluding carboxylic acids is 1. The summed E-state index contributed by atoms with van der Waals surface area (Å²) in [4.78, 5) is 25.2. The van der Waals surface area contributed by atoms with Gasteiger partial charge in [-0.3, -0.25) is 9.36 Å². The Morgan fingerprint density at radius 1 is 0.600 bits per heavy atom. The third kappa shape index (κ3) is 43.8. The minimum atomic E-state index is -4.62. The van der Waals surface area contributed by atoms with Gasteiger partial charge in [-0.25, -0.2) is 0 Å². The maximum Gasteiger partial charge on any atom is 0.268 e. The Morgan fingerprint density at radius 3 is 1.53 bits per heavy atom. The Bertz CT molecular complexity index is 1250. The predicted octanol–water partition coefficient (Wildman–Crippen LogP) is 13.1. The summed E-state index contributed by atoms with van der Waals surface area (Å²) in [5.74, 6) is -0.294. The SMILES string of the molecule is CC/C=C\C/C=C\C/C=C\C/C=C\CCC(=O)NC(COP(=O)([O-])OCC[N+](C)(C)C)C(O)/C=C/CC/C=C/CC/C=C/CCCCCCCCCCCCCCCCC. The van der Waals surface area contributed by atoms with Crippen LogP contribution < -0.4 is 10.2 Å². The number of aliphatic hydroxyl groups is 1. The maximum atomic E-state index is 12.8. The number of allylic oxidation sites excluding steroid dienone is 13. The van der Waals surface area contributed by atoms with Gasteiger partial charge >= 0.3 is 0 Å². The molecule has 0 aliphatic rings. The van der Waals surface area contributed by atoms with Crippen LogP contribution in [-0.2, 0) is 18.4 Å². The summed E-state index contributed by atoms with van der Waals surface area (Å²) in [5.41, 5.74) is 0. The first-order valence-electron chi connectivity index (χ1n) is 23.9. The van der Waals surface area contributed by atoms with Gasteiger partial charge in [-0.2, -0.15) is 0 Å². The van der Waals surface area contributed by atoms with Crippen molar-refractivity contribution in [2.24, 2.45) is 0 Å². The van der Waals surface area contributed by atoms with Crippen LogP contribution in [0.3, 0.4) is 0 Å². The predicted molar refractivity (Wildman–Crippen MR) is 256 cm³/mol. The third-order valence-corrected chi connectivity index (χ3v) is 11.0. The van der Waals surface area contributed by atoms with Gasteiger partial charge in [0.1, 0.15) is 13.2 Å². The molecule has 346 valence electrons. The van der Waals surface area contributed by atoms with E-state index >= 15 is 0 Å². The molecule has 0 rings (SSSR count). The second kappa shape index (κ2) is 42.0. The van der Waals surface area contributed by atoms with E-state index in [4.69, 9.17) is 9.05 Å². The Balaban J connectivity index is 4.45. The lowest BCUT2D eigenvalue weighted by molar-refractivity contribution is -0.870. The quantitative estimate of drug-likeness (QED) is 0.0274. The van der Waals surface area contributed by atoms with E-state index in [1.165, 1.54) is 103 Å². The van der Waals surface area contributed by atoms with Gasteiger partial charge in [0, 0.05) is 6.42 Å². The van der Waals surface area contributed by atoms with Gasteiger partial charge in [-0.1, -0.05) is 189 Å². The molecule has 2 N–H and O–H groups in total. The monoisotopic (exact) mass is 859 g/mol. The van der Waals surface area contributed by atoms with Crippen LogP contribution in [-0.4, -0.2) is 68.5 Å². The summed E-state index contributed by atoms with van der Waals surface area (Å²) >= 11 is 0. The molecule has 0 spiro atoms. The number of carbonyl (C=O) groups is 1. The molecule has 0 heterocycles. The number of phosphoric acid groups is 1. The number of nitrogens with one attached hydrogen (secondary N) is 1. The summed E-state index contributed by atoms with van der Waals surface area (Å²) in [6, 6.07) is -0.952. The summed E-state index contributed by atoms with van der Waals surface area (Å²) in [7, 11) is 1.18. The lowest BCUT2D eigenvalue weighted by Crippen LogP contribution is -2.45. The number of likely N-dealkylation sites (N-methyl/N-ethyl adjacent to an activating group) is 1. The molecule has 0 aliphatic heterocycles. The van der Waals surface area contributed by atoms with Gasteiger partial charge in [0.25, 0.3) is 7.82 Å². The van der Waals surface area contributed by atoms with E-state index in [0.29, 0.717) is 23.9 Å². The molecule has 0 radical (unpaired) electrons. The van der Waals surface area contributed by atoms with Crippen LogP contribution in [0.4, 0.5) is 0 Å². The zero-order valence-electron chi connectivity index (χ0n) is 39.1. The van der Waals surface area contributed by atoms with Crippen LogP contribution in [0.1, 0.15) is 181 Å². The fourth-order valence-corrected chi connectivity index (χ4v) is 7.03. The van der Waals surface area contributed by atoms with Crippen LogP contribution in [0.5, 0.6) is 0 Å². The molecule has 0 saturated carbocycles. The first-order chi connectivity index (χ1) is 29.0. The van der Waals surface area contributed by atoms with Gasteiger partial charge < -0.3 is 28.8 Å². The summed E-state index contributed by atoms with van der Waals surface area (Å²) < 4.78 is 23.1. The van der Waals surface area contributed by atoms with Gasteiger partial charge in [0.2, 0.25) is 5.91 Å². The zero-order chi connectivity index (χ0) is 44.3. The Hall–Kier alpha value is -2.32. The topological polar surface area (TPSA) is 108 Å². The first-order valence-corrected chi connectivity index (χ1v) is 25.4. The van der Waals surface area contributed by atoms with Crippen molar-refractivity contribution in [3.05, 3.63) is 85.1 Å². The molecule has 9 heteroatoms. The van der Waals surface area contributed by atoms with E-state index in [0.717, 1.165) is 44.9 Å². The van der Waals surface area contributed by atoms with Crippen molar-refractivity contribution in [2.45, 2.75) is 193 Å². The Morgan fingerprint density at radius 2 is 1.03 bits per heavy atom. The van der Waals surface area contributed by atoms with Crippen molar-refractivity contribution in [3.8, 4) is 0 Å². The van der Waals surface area contributed by atoms with Gasteiger partial charge in [0.05, 0.1) is 39.9 Å². The van der Waals surface area contributed by atoms with Crippen molar-refractivity contribution in [1.29, 1.82) is 0 Å². The van der Waals surface area contributed by atoms with Crippen LogP contribution in [0, 0.1) is 0 Å². The average molecular weight is 859 g/mol. The standard InChI is InChI=1S/C51H91N2O6P/c1-6-8-10-12-14-16-18-20-21-22-23-24-25-26-27-28-29-30-31-33-34-36-38-40-42-44-50(54)49(48-59-60(56,57)58-47-46-53(3,4)5)52-51(55)45-43-41-39-37-35-32-19-17-15-13-11-9-7-2/h9,11,15,17,29-30,32,34-36,39,41-42,44,49-50,54H,6-8,10,12-14,16,18-28,31,33,37-38,40,43,45-48H2,1-5H3,(H-,52,55,56,57)/b11-9-,17-15-,30-29+,35-32-,36-34+,41-39-,44-42+. The van der Waals surface area contributed by atoms with Crippen LogP contribution in [0.15, 0.2) is 85.1 Å². The number of hydrogen-bond donors (Lipinski definition) is 2. The van der Waals surface area contributed by atoms with E-state index in [9.17, 15) is 19.4 Å². The highest BCUT2D eigenvalue weighted by Crippen LogP contribution is 2.38. The van der Waals surface area contributed by atoms with E-state index < -0.39 is 26.6 Å². The second-order valence-electron chi connectivity index (χ2n) is 17.1. The van der Waals surface area contributed by atoms with Crippen LogP contribution in [0.2, 0.25) is 0 Å². The minimum Gasteiger partial charge on any atom is -0.756 e. The molecule has 0 aromatic carbocycles. The molecule has 3 unspecified atom stereocenters. The van der Waals surface area contributed by atoms with E-state index in [1.54, 1.807) is 6.08 Å². The van der Waals surface area contributed by atoms with Crippen LogP contribution in [0.25, 0.3) is 0 Å². The summed E-state index contributed by atoms with van der Waals surface area (Å²) in [6.07, 6.45) is 58.2. The van der Waals surface area contributed by atoms with E-state index in [-0.39, 0.29) is 18.9 Å². The molecule has 0 bridgehead atoms. The summed E-state index contributed by atoms with van der Waals surface area (Å²) in [5, 5.41) is 13.7. The fourth-order valence-electron chi connectivity index (χ4n) is 6.31. The highest BCUT2D eigenvalue weighted by atomic mass is 31.2. The number of amides is 1. The Labute approximate surface area is 369 Å². The normalized spacial score (nSPS) is 15.0. The maximum absolute atomic E-state index is 12.8. The number of aliphatic hydroxyl groups excluding tert-OH is 1. The third-order valence-electron chi connectivity index (χ3n) is 10.1. The van der Waals surface area contributed by atoms with Gasteiger partial charge in [-0.05, 0) is 70.6 Å². The molecular weight excluding hydrogens is 768 g/mol. The smallest absolute Gasteiger partial charge is 0.268 e. The lowest BCUT2D eigenvalue weighted by Gasteiger charge is -2.29. The fraction of sp³-hybridized carbons (Fsp3) is 0.706. The number of phosphoric ester groups is 1. The van der Waals surface area contributed by atoms with Crippen molar-refractivity contribution in [3.63, 3.8) is 0 Å². The minimum absolute atomic E-state index is 0.0258. The van der Waals surface area contributed by atoms with Crippen molar-refractivity contribution < 1.29 is 32.9 Å². The molecule has 0 fully saturated rings. The zero-order valence-corrected chi connectivity index (χ0v) is 40.0. The number of nitrogens with zero attached hydrogens (tertiary/aromatic N) is 1. The molecule has 0 aromatic rings. The molecule has 8 nitrogen and oxygen atoms in total. The van der Waals surface area contributed by atoms with Crippen molar-refractivity contribution in [2.75, 3.05) is 40.9 Å². The molecule has 0 saturated heterocycles. The van der Waals surface area contributed by atoms with Crippen molar-refractivity contribution >= 4 is 13.7 Å². The van der Waals surface area contributed by atoms with E-state index in [2.05, 4.69) is 79.9 Å². The highest BCUT2D eigenvalue weighted by Gasteiger charge is 2.23. The first kappa shape index (κ1) is 57.7. The van der Waals surface area contributed by atoms with Gasteiger partial charge in [-0.15, -0.1) is 0 Å². The van der Waals surface area contributed by atoms with Crippen LogP contribution >= 0.6 is 7.82 Å². The second-order valence-corrected chi connectivity index (χ2v) is 18.5. The number of unbranched alkanes of at least 4 members (excludes halogenated alkanes) is 17. The van der Waals surface area contributed by atoms with Crippen molar-refractivity contribution in [1.82, 2.24) is 5.32 Å². The molecule has 3 atom stereocenters. The Kier molecular flexibility index (Phi) is 40.4. The average Bonchev–Trinajstić information content (AvgIpc) is 3.20. The molecular formula is C51H91N2O6P. The largest absolute Gasteiger partial charge is 0.756 e.